The first-order chi connectivity index (χ1) is 10.6. The zero-order chi connectivity index (χ0) is 15.5. The standard InChI is InChI=1S/C16H19ClN4O/c1-12-18-15(16(22)20-10-4-2-3-5-11-20)19-21(12)14-8-6-13(17)7-9-14/h6-9H,2-5,10-11H2,1H3. The molecule has 1 saturated heterocycles. The summed E-state index contributed by atoms with van der Waals surface area (Å²) in [5.74, 6) is 0.896. The Morgan fingerprint density at radius 1 is 1.09 bits per heavy atom. The van der Waals surface area contributed by atoms with E-state index in [-0.39, 0.29) is 11.7 Å². The molecule has 6 heteroatoms. The maximum atomic E-state index is 12.6. The van der Waals surface area contributed by atoms with Crippen LogP contribution in [0.25, 0.3) is 5.69 Å². The summed E-state index contributed by atoms with van der Waals surface area (Å²) in [6, 6.07) is 7.33. The summed E-state index contributed by atoms with van der Waals surface area (Å²) in [5.41, 5.74) is 0.851. The number of likely N-dealkylation sites (tertiary alicyclic amines) is 1. The Balaban J connectivity index is 1.84. The van der Waals surface area contributed by atoms with E-state index < -0.39 is 0 Å². The predicted molar refractivity (Wildman–Crippen MR) is 85.5 cm³/mol. The van der Waals surface area contributed by atoms with E-state index in [4.69, 9.17) is 11.6 Å². The van der Waals surface area contributed by atoms with Crippen LogP contribution >= 0.6 is 11.6 Å². The fraction of sp³-hybridized carbons (Fsp3) is 0.438. The van der Waals surface area contributed by atoms with Gasteiger partial charge >= 0.3 is 0 Å². The number of aryl methyl sites for hydroxylation is 1. The molecule has 1 aliphatic rings. The second kappa shape index (κ2) is 6.48. The Bertz CT molecular complexity index is 657. The number of rotatable bonds is 2. The van der Waals surface area contributed by atoms with Crippen LogP contribution in [0.2, 0.25) is 5.02 Å². The van der Waals surface area contributed by atoms with Crippen LogP contribution in [0.5, 0.6) is 0 Å². The molecule has 1 aromatic heterocycles. The molecule has 1 aromatic carbocycles. The molecular formula is C16H19ClN4O. The highest BCUT2D eigenvalue weighted by atomic mass is 35.5. The van der Waals surface area contributed by atoms with Gasteiger partial charge in [0.25, 0.3) is 5.91 Å². The minimum atomic E-state index is -0.0716. The topological polar surface area (TPSA) is 51.0 Å². The van der Waals surface area contributed by atoms with E-state index in [0.29, 0.717) is 10.8 Å². The zero-order valence-electron chi connectivity index (χ0n) is 12.6. The van der Waals surface area contributed by atoms with Gasteiger partial charge in [-0.2, -0.15) is 0 Å². The van der Waals surface area contributed by atoms with Crippen LogP contribution < -0.4 is 0 Å². The molecule has 0 bridgehead atoms. The van der Waals surface area contributed by atoms with Crippen molar-refractivity contribution in [1.29, 1.82) is 0 Å². The molecule has 2 aromatic rings. The number of halogens is 1. The average molecular weight is 319 g/mol. The SMILES string of the molecule is Cc1nc(C(=O)N2CCCCCC2)nn1-c1ccc(Cl)cc1. The molecule has 2 heterocycles. The van der Waals surface area contributed by atoms with Crippen LogP contribution in [0.4, 0.5) is 0 Å². The number of nitrogens with zero attached hydrogens (tertiary/aromatic N) is 4. The lowest BCUT2D eigenvalue weighted by Crippen LogP contribution is -2.32. The summed E-state index contributed by atoms with van der Waals surface area (Å²) in [6.45, 7) is 3.45. The van der Waals surface area contributed by atoms with Crippen LogP contribution in [0, 0.1) is 6.92 Å². The lowest BCUT2D eigenvalue weighted by atomic mass is 10.2. The fourth-order valence-corrected chi connectivity index (χ4v) is 2.85. The molecule has 1 fully saturated rings. The number of aromatic nitrogens is 3. The molecule has 3 rings (SSSR count). The van der Waals surface area contributed by atoms with Crippen LogP contribution in [-0.2, 0) is 0 Å². The van der Waals surface area contributed by atoms with Crippen molar-refractivity contribution >= 4 is 17.5 Å². The number of amides is 1. The molecular weight excluding hydrogens is 300 g/mol. The average Bonchev–Trinajstić information content (AvgIpc) is 2.74. The number of hydrogen-bond acceptors (Lipinski definition) is 3. The largest absolute Gasteiger partial charge is 0.336 e. The first-order valence-electron chi connectivity index (χ1n) is 7.64. The Morgan fingerprint density at radius 3 is 2.36 bits per heavy atom. The second-order valence-electron chi connectivity index (χ2n) is 5.58. The van der Waals surface area contributed by atoms with Gasteiger partial charge in [-0.15, -0.1) is 5.10 Å². The first kappa shape index (κ1) is 15.0. The first-order valence-corrected chi connectivity index (χ1v) is 8.02. The van der Waals surface area contributed by atoms with Gasteiger partial charge in [-0.25, -0.2) is 9.67 Å². The Kier molecular flexibility index (Phi) is 4.43. The highest BCUT2D eigenvalue weighted by Crippen LogP contribution is 2.16. The molecule has 0 radical (unpaired) electrons. The van der Waals surface area contributed by atoms with Crippen molar-refractivity contribution in [1.82, 2.24) is 19.7 Å². The minimum absolute atomic E-state index is 0.0716. The summed E-state index contributed by atoms with van der Waals surface area (Å²) < 4.78 is 1.68. The molecule has 0 saturated carbocycles. The zero-order valence-corrected chi connectivity index (χ0v) is 13.4. The summed E-state index contributed by atoms with van der Waals surface area (Å²) in [4.78, 5) is 18.8. The molecule has 22 heavy (non-hydrogen) atoms. The van der Waals surface area contributed by atoms with Crippen molar-refractivity contribution in [2.45, 2.75) is 32.6 Å². The van der Waals surface area contributed by atoms with Gasteiger partial charge < -0.3 is 4.90 Å². The Hall–Kier alpha value is -1.88. The molecule has 0 unspecified atom stereocenters. The summed E-state index contributed by atoms with van der Waals surface area (Å²) >= 11 is 5.91. The number of carbonyl (C=O) groups is 1. The molecule has 1 amide bonds. The molecule has 116 valence electrons. The van der Waals surface area contributed by atoms with Crippen LogP contribution in [0.1, 0.15) is 42.1 Å². The second-order valence-corrected chi connectivity index (χ2v) is 6.01. The van der Waals surface area contributed by atoms with Gasteiger partial charge in [0.05, 0.1) is 5.69 Å². The molecule has 0 atom stereocenters. The van der Waals surface area contributed by atoms with Crippen molar-refractivity contribution in [2.24, 2.45) is 0 Å². The van der Waals surface area contributed by atoms with Gasteiger partial charge in [0, 0.05) is 18.1 Å². The smallest absolute Gasteiger partial charge is 0.293 e. The van der Waals surface area contributed by atoms with Crippen LogP contribution in [0.3, 0.4) is 0 Å². The monoisotopic (exact) mass is 318 g/mol. The van der Waals surface area contributed by atoms with E-state index >= 15 is 0 Å². The Morgan fingerprint density at radius 2 is 1.73 bits per heavy atom. The van der Waals surface area contributed by atoms with Gasteiger partial charge in [0.1, 0.15) is 5.82 Å². The van der Waals surface area contributed by atoms with Crippen molar-refractivity contribution in [2.75, 3.05) is 13.1 Å². The highest BCUT2D eigenvalue weighted by molar-refractivity contribution is 6.30. The van der Waals surface area contributed by atoms with Crippen LogP contribution in [-0.4, -0.2) is 38.7 Å². The molecule has 0 aliphatic carbocycles. The number of carbonyl (C=O) groups excluding carboxylic acids is 1. The minimum Gasteiger partial charge on any atom is -0.336 e. The molecule has 1 aliphatic heterocycles. The van der Waals surface area contributed by atoms with Gasteiger partial charge in [0.15, 0.2) is 0 Å². The van der Waals surface area contributed by atoms with Crippen molar-refractivity contribution in [3.05, 3.63) is 40.9 Å². The lowest BCUT2D eigenvalue weighted by molar-refractivity contribution is 0.0749. The van der Waals surface area contributed by atoms with E-state index in [1.54, 1.807) is 16.8 Å². The maximum absolute atomic E-state index is 12.6. The maximum Gasteiger partial charge on any atom is 0.293 e. The van der Waals surface area contributed by atoms with Gasteiger partial charge in [-0.3, -0.25) is 4.79 Å². The predicted octanol–water partition coefficient (Wildman–Crippen LogP) is 3.25. The van der Waals surface area contributed by atoms with E-state index in [0.717, 1.165) is 31.6 Å². The van der Waals surface area contributed by atoms with E-state index in [1.807, 2.05) is 24.0 Å². The number of hydrogen-bond donors (Lipinski definition) is 0. The van der Waals surface area contributed by atoms with E-state index in [1.165, 1.54) is 12.8 Å². The molecule has 0 spiro atoms. The van der Waals surface area contributed by atoms with Gasteiger partial charge in [-0.1, -0.05) is 24.4 Å². The highest BCUT2D eigenvalue weighted by Gasteiger charge is 2.22. The summed E-state index contributed by atoms with van der Waals surface area (Å²) in [7, 11) is 0. The van der Waals surface area contributed by atoms with Gasteiger partial charge in [-0.05, 0) is 44.0 Å². The third-order valence-corrected chi connectivity index (χ3v) is 4.18. The van der Waals surface area contributed by atoms with Crippen molar-refractivity contribution < 1.29 is 4.79 Å². The molecule has 5 nitrogen and oxygen atoms in total. The normalized spacial score (nSPS) is 15.6. The van der Waals surface area contributed by atoms with Crippen molar-refractivity contribution in [3.63, 3.8) is 0 Å². The fourth-order valence-electron chi connectivity index (χ4n) is 2.72. The Labute approximate surface area is 134 Å². The third-order valence-electron chi connectivity index (χ3n) is 3.92. The quantitative estimate of drug-likeness (QED) is 0.854. The van der Waals surface area contributed by atoms with Gasteiger partial charge in [0.2, 0.25) is 5.82 Å². The summed E-state index contributed by atoms with van der Waals surface area (Å²) in [6.07, 6.45) is 4.50. The third kappa shape index (κ3) is 3.14. The van der Waals surface area contributed by atoms with E-state index in [9.17, 15) is 4.79 Å². The number of benzene rings is 1. The van der Waals surface area contributed by atoms with Crippen molar-refractivity contribution in [3.8, 4) is 5.69 Å². The molecule has 0 N–H and O–H groups in total. The summed E-state index contributed by atoms with van der Waals surface area (Å²) in [5, 5.41) is 5.06. The lowest BCUT2D eigenvalue weighted by Gasteiger charge is -2.18. The van der Waals surface area contributed by atoms with E-state index in [2.05, 4.69) is 10.1 Å². The van der Waals surface area contributed by atoms with Crippen LogP contribution in [0.15, 0.2) is 24.3 Å².